The molecule has 0 unspecified atom stereocenters. The van der Waals surface area contributed by atoms with E-state index in [1.165, 1.54) is 12.8 Å². The van der Waals surface area contributed by atoms with Gasteiger partial charge in [-0.2, -0.15) is 5.10 Å². The third kappa shape index (κ3) is 6.60. The molecule has 1 fully saturated rings. The van der Waals surface area contributed by atoms with E-state index in [-0.39, 0.29) is 5.91 Å². The van der Waals surface area contributed by atoms with Crippen molar-refractivity contribution in [1.82, 2.24) is 5.43 Å². The molecule has 0 bridgehead atoms. The summed E-state index contributed by atoms with van der Waals surface area (Å²) in [6.45, 7) is 2.63. The molecule has 1 N–H and O–H groups in total. The number of anilines is 1. The molecule has 0 radical (unpaired) electrons. The first-order chi connectivity index (χ1) is 16.0. The molecule has 0 aliphatic carbocycles. The van der Waals surface area contributed by atoms with Gasteiger partial charge in [0.2, 0.25) is 0 Å². The molecule has 8 heteroatoms. The Kier molecular flexibility index (Phi) is 8.48. The van der Waals surface area contributed by atoms with Gasteiger partial charge in [0.25, 0.3) is 5.91 Å². The van der Waals surface area contributed by atoms with E-state index in [0.717, 1.165) is 42.8 Å². The van der Waals surface area contributed by atoms with Crippen molar-refractivity contribution in [3.8, 4) is 5.75 Å². The minimum absolute atomic E-state index is 0.230. The van der Waals surface area contributed by atoms with E-state index in [1.807, 2.05) is 60.7 Å². The number of carbonyl (C=O) groups is 1. The van der Waals surface area contributed by atoms with Gasteiger partial charge in [0, 0.05) is 29.4 Å². The lowest BCUT2D eigenvalue weighted by Gasteiger charge is -2.17. The lowest BCUT2D eigenvalue weighted by molar-refractivity contribution is 0.0955. The lowest BCUT2D eigenvalue weighted by Crippen LogP contribution is -2.19. The van der Waals surface area contributed by atoms with Gasteiger partial charge in [0.15, 0.2) is 0 Å². The van der Waals surface area contributed by atoms with Crippen molar-refractivity contribution in [3.63, 3.8) is 0 Å². The van der Waals surface area contributed by atoms with Crippen molar-refractivity contribution in [3.05, 3.63) is 89.5 Å². The maximum Gasteiger partial charge on any atom is 0.271 e. The van der Waals surface area contributed by atoms with E-state index in [0.29, 0.717) is 17.2 Å². The summed E-state index contributed by atoms with van der Waals surface area (Å²) in [5.41, 5.74) is 6.29. The number of carbonyl (C=O) groups excluding carboxylic acids is 1. The highest BCUT2D eigenvalue weighted by Gasteiger charge is 2.13. The number of hydrazone groups is 1. The Morgan fingerprint density at radius 3 is 2.30 bits per heavy atom. The summed E-state index contributed by atoms with van der Waals surface area (Å²) in [6.07, 6.45) is 4.10. The van der Waals surface area contributed by atoms with Crippen LogP contribution in [0.2, 0.25) is 5.02 Å². The zero-order valence-corrected chi connectivity index (χ0v) is 22.8. The monoisotopic (exact) mass is 685 g/mol. The SMILES string of the molecule is O=C(N/N=C\c1cc(I)c(OCc2ccc(Cl)cc2)c(I)c1)c1ccc(N2CCCC2)cc1. The van der Waals surface area contributed by atoms with Gasteiger partial charge in [-0.1, -0.05) is 23.7 Å². The third-order valence-electron chi connectivity index (χ3n) is 5.30. The zero-order chi connectivity index (χ0) is 23.2. The van der Waals surface area contributed by atoms with Gasteiger partial charge < -0.3 is 9.64 Å². The van der Waals surface area contributed by atoms with Gasteiger partial charge in [-0.3, -0.25) is 4.79 Å². The fourth-order valence-electron chi connectivity index (χ4n) is 3.56. The highest BCUT2D eigenvalue weighted by Crippen LogP contribution is 2.29. The number of nitrogens with one attached hydrogen (secondary N) is 1. The molecule has 1 amide bonds. The number of hydrogen-bond donors (Lipinski definition) is 1. The molecular formula is C25H22ClI2N3O2. The highest BCUT2D eigenvalue weighted by molar-refractivity contribution is 14.1. The Morgan fingerprint density at radius 1 is 1.03 bits per heavy atom. The van der Waals surface area contributed by atoms with Crippen LogP contribution in [0.15, 0.2) is 65.8 Å². The van der Waals surface area contributed by atoms with Crippen LogP contribution in [0.5, 0.6) is 5.75 Å². The quantitative estimate of drug-likeness (QED) is 0.176. The fraction of sp³-hybridized carbons (Fsp3) is 0.200. The van der Waals surface area contributed by atoms with Crippen LogP contribution in [-0.2, 0) is 6.61 Å². The second-order valence-corrected chi connectivity index (χ2v) is 10.4. The smallest absolute Gasteiger partial charge is 0.271 e. The van der Waals surface area contributed by atoms with Crippen molar-refractivity contribution >= 4 is 74.6 Å². The number of hydrogen-bond acceptors (Lipinski definition) is 4. The Morgan fingerprint density at radius 2 is 1.67 bits per heavy atom. The van der Waals surface area contributed by atoms with E-state index in [4.69, 9.17) is 16.3 Å². The van der Waals surface area contributed by atoms with E-state index < -0.39 is 0 Å². The van der Waals surface area contributed by atoms with E-state index in [1.54, 1.807) is 6.21 Å². The lowest BCUT2D eigenvalue weighted by atomic mass is 10.2. The van der Waals surface area contributed by atoms with Crippen molar-refractivity contribution in [1.29, 1.82) is 0 Å². The molecule has 1 aliphatic rings. The zero-order valence-electron chi connectivity index (χ0n) is 17.7. The summed E-state index contributed by atoms with van der Waals surface area (Å²) in [7, 11) is 0. The molecule has 4 rings (SSSR count). The molecule has 1 saturated heterocycles. The minimum atomic E-state index is -0.230. The van der Waals surface area contributed by atoms with Crippen molar-refractivity contribution in [2.75, 3.05) is 18.0 Å². The van der Waals surface area contributed by atoms with Gasteiger partial charge in [-0.15, -0.1) is 0 Å². The first-order valence-electron chi connectivity index (χ1n) is 10.5. The molecular weight excluding hydrogens is 664 g/mol. The largest absolute Gasteiger partial charge is 0.487 e. The van der Waals surface area contributed by atoms with Gasteiger partial charge in [0.1, 0.15) is 12.4 Å². The van der Waals surface area contributed by atoms with Crippen molar-refractivity contribution < 1.29 is 9.53 Å². The normalized spacial score (nSPS) is 13.5. The Bertz CT molecular complexity index is 1120. The molecule has 1 heterocycles. The number of halogens is 3. The first-order valence-corrected chi connectivity index (χ1v) is 13.1. The van der Waals surface area contributed by atoms with Crippen LogP contribution in [0.25, 0.3) is 0 Å². The molecule has 3 aromatic carbocycles. The second kappa shape index (κ2) is 11.5. The topological polar surface area (TPSA) is 53.9 Å². The van der Waals surface area contributed by atoms with Crippen molar-refractivity contribution in [2.45, 2.75) is 19.4 Å². The third-order valence-corrected chi connectivity index (χ3v) is 7.15. The number of ether oxygens (including phenoxy) is 1. The van der Waals surface area contributed by atoms with Crippen LogP contribution in [0.4, 0.5) is 5.69 Å². The van der Waals surface area contributed by atoms with Crippen LogP contribution in [0.3, 0.4) is 0 Å². The molecule has 1 aliphatic heterocycles. The van der Waals surface area contributed by atoms with E-state index >= 15 is 0 Å². The van der Waals surface area contributed by atoms with Gasteiger partial charge in [-0.05, 0) is 118 Å². The van der Waals surface area contributed by atoms with E-state index in [9.17, 15) is 4.79 Å². The van der Waals surface area contributed by atoms with Crippen LogP contribution in [0.1, 0.15) is 34.3 Å². The summed E-state index contributed by atoms with van der Waals surface area (Å²) in [4.78, 5) is 14.8. The molecule has 170 valence electrons. The Hall–Kier alpha value is -1.85. The summed E-state index contributed by atoms with van der Waals surface area (Å²) < 4.78 is 7.96. The molecule has 0 atom stereocenters. The molecule has 0 spiro atoms. The van der Waals surface area contributed by atoms with Gasteiger partial charge in [0.05, 0.1) is 13.4 Å². The maximum absolute atomic E-state index is 12.4. The fourth-order valence-corrected chi connectivity index (χ4v) is 5.81. The molecule has 5 nitrogen and oxygen atoms in total. The summed E-state index contributed by atoms with van der Waals surface area (Å²) in [5, 5.41) is 4.84. The molecule has 3 aromatic rings. The average molecular weight is 686 g/mol. The summed E-state index contributed by atoms with van der Waals surface area (Å²) in [5.74, 6) is 0.594. The van der Waals surface area contributed by atoms with Crippen LogP contribution < -0.4 is 15.1 Å². The highest BCUT2D eigenvalue weighted by atomic mass is 127. The predicted molar refractivity (Wildman–Crippen MR) is 151 cm³/mol. The Labute approximate surface area is 225 Å². The summed E-state index contributed by atoms with van der Waals surface area (Å²) >= 11 is 10.4. The molecule has 0 aromatic heterocycles. The number of amides is 1. The van der Waals surface area contributed by atoms with Crippen LogP contribution in [-0.4, -0.2) is 25.2 Å². The molecule has 0 saturated carbocycles. The number of benzene rings is 3. The standard InChI is InChI=1S/C25H22ClI2N3O2/c26-20-7-3-17(4-8-20)16-33-24-22(27)13-18(14-23(24)28)15-29-30-25(32)19-5-9-21(10-6-19)31-11-1-2-12-31/h3-10,13-15H,1-2,11-12,16H2,(H,30,32)/b29-15-. The predicted octanol–water partition coefficient (Wildman–Crippen LogP) is 6.49. The van der Waals surface area contributed by atoms with Gasteiger partial charge in [-0.25, -0.2) is 5.43 Å². The maximum atomic E-state index is 12.4. The first kappa shape index (κ1) is 24.3. The minimum Gasteiger partial charge on any atom is -0.487 e. The molecule has 33 heavy (non-hydrogen) atoms. The average Bonchev–Trinajstić information content (AvgIpc) is 3.35. The Balaban J connectivity index is 1.34. The summed E-state index contributed by atoms with van der Waals surface area (Å²) in [6, 6.07) is 19.2. The van der Waals surface area contributed by atoms with Gasteiger partial charge >= 0.3 is 0 Å². The van der Waals surface area contributed by atoms with Crippen LogP contribution >= 0.6 is 56.8 Å². The number of rotatable bonds is 7. The van der Waals surface area contributed by atoms with Crippen molar-refractivity contribution in [2.24, 2.45) is 5.10 Å². The number of nitrogens with zero attached hydrogens (tertiary/aromatic N) is 2. The van der Waals surface area contributed by atoms with E-state index in [2.05, 4.69) is 60.6 Å². The van der Waals surface area contributed by atoms with Crippen LogP contribution in [0, 0.1) is 7.14 Å². The second-order valence-electron chi connectivity index (χ2n) is 7.67.